The van der Waals surface area contributed by atoms with Gasteiger partial charge in [0, 0.05) is 6.42 Å². The predicted molar refractivity (Wildman–Crippen MR) is 50.0 cm³/mol. The van der Waals surface area contributed by atoms with E-state index in [9.17, 15) is 4.79 Å². The van der Waals surface area contributed by atoms with Crippen molar-refractivity contribution >= 4 is 23.2 Å². The molecule has 1 rings (SSSR count). The van der Waals surface area contributed by atoms with Crippen LogP contribution in [0, 0.1) is 0 Å². The van der Waals surface area contributed by atoms with Crippen molar-refractivity contribution in [1.82, 2.24) is 5.32 Å². The Hall–Kier alpha value is -0.480. The lowest BCUT2D eigenvalue weighted by Gasteiger charge is -2.08. The Kier molecular flexibility index (Phi) is 3.62. The van der Waals surface area contributed by atoms with Crippen LogP contribution in [-0.2, 0) is 9.53 Å². The quantitative estimate of drug-likeness (QED) is 0.517. The zero-order valence-electron chi connectivity index (χ0n) is 7.13. The monoisotopic (exact) mass is 187 g/mol. The van der Waals surface area contributed by atoms with E-state index in [-0.39, 0.29) is 12.0 Å². The number of carbonyl (C=O) groups is 1. The molecule has 0 aliphatic carbocycles. The Morgan fingerprint density at radius 2 is 2.50 bits per heavy atom. The first kappa shape index (κ1) is 9.61. The number of hydrogen-bond acceptors (Lipinski definition) is 4. The fourth-order valence-corrected chi connectivity index (χ4v) is 1.22. The van der Waals surface area contributed by atoms with Crippen LogP contribution in [0.3, 0.4) is 0 Å². The minimum absolute atomic E-state index is 0.130. The van der Waals surface area contributed by atoms with Gasteiger partial charge in [-0.3, -0.25) is 0 Å². The Labute approximate surface area is 77.5 Å². The molecule has 1 heterocycles. The minimum atomic E-state index is -0.223. The third-order valence-corrected chi connectivity index (χ3v) is 2.22. The Balaban J connectivity index is 2.32. The summed E-state index contributed by atoms with van der Waals surface area (Å²) in [7, 11) is 0. The molecule has 0 aromatic rings. The van der Waals surface area contributed by atoms with Gasteiger partial charge < -0.3 is 10.1 Å². The van der Waals surface area contributed by atoms with Crippen molar-refractivity contribution < 1.29 is 9.53 Å². The van der Waals surface area contributed by atoms with Gasteiger partial charge in [-0.25, -0.2) is 4.79 Å². The summed E-state index contributed by atoms with van der Waals surface area (Å²) >= 11 is 4.80. The van der Waals surface area contributed by atoms with E-state index in [4.69, 9.17) is 17.0 Å². The first-order valence-electron chi connectivity index (χ1n) is 4.22. The van der Waals surface area contributed by atoms with Gasteiger partial charge in [0.2, 0.25) is 0 Å². The summed E-state index contributed by atoms with van der Waals surface area (Å²) in [6.45, 7) is 2.77. The van der Waals surface area contributed by atoms with E-state index < -0.39 is 0 Å². The summed E-state index contributed by atoms with van der Waals surface area (Å²) in [6.07, 6.45) is 2.53. The standard InChI is InChI=1S/C8H13NO2S/c1-2-7(12)11-8(10)6-4-3-5-9-6/h6,9H,2-5H2,1H3/t6-/m0/s1. The van der Waals surface area contributed by atoms with Gasteiger partial charge in [-0.15, -0.1) is 0 Å². The summed E-state index contributed by atoms with van der Waals surface area (Å²) in [4.78, 5) is 11.2. The van der Waals surface area contributed by atoms with Crippen LogP contribution in [0.4, 0.5) is 0 Å². The van der Waals surface area contributed by atoms with Gasteiger partial charge >= 0.3 is 5.97 Å². The summed E-state index contributed by atoms with van der Waals surface area (Å²) in [5.41, 5.74) is 0. The van der Waals surface area contributed by atoms with E-state index in [0.717, 1.165) is 19.4 Å². The average molecular weight is 187 g/mol. The topological polar surface area (TPSA) is 38.3 Å². The fourth-order valence-electron chi connectivity index (χ4n) is 1.14. The first-order chi connectivity index (χ1) is 5.74. The van der Waals surface area contributed by atoms with Crippen molar-refractivity contribution in [2.45, 2.75) is 32.2 Å². The minimum Gasteiger partial charge on any atom is -0.418 e. The van der Waals surface area contributed by atoms with Crippen LogP contribution in [0.2, 0.25) is 0 Å². The molecule has 1 atom stereocenters. The first-order valence-corrected chi connectivity index (χ1v) is 4.62. The molecule has 1 aliphatic rings. The lowest BCUT2D eigenvalue weighted by atomic mass is 10.2. The Morgan fingerprint density at radius 3 is 3.00 bits per heavy atom. The van der Waals surface area contributed by atoms with Gasteiger partial charge in [-0.2, -0.15) is 0 Å². The molecule has 0 radical (unpaired) electrons. The molecule has 1 fully saturated rings. The molecule has 1 saturated heterocycles. The summed E-state index contributed by atoms with van der Waals surface area (Å²) in [6, 6.07) is -0.130. The fraction of sp³-hybridized carbons (Fsp3) is 0.750. The van der Waals surface area contributed by atoms with Gasteiger partial charge in [0.05, 0.1) is 0 Å². The highest BCUT2D eigenvalue weighted by molar-refractivity contribution is 7.80. The van der Waals surface area contributed by atoms with Gasteiger partial charge in [0.25, 0.3) is 0 Å². The van der Waals surface area contributed by atoms with Gasteiger partial charge in [-0.1, -0.05) is 6.92 Å². The molecule has 12 heavy (non-hydrogen) atoms. The third-order valence-electron chi connectivity index (χ3n) is 1.85. The molecule has 0 amide bonds. The molecule has 4 heteroatoms. The smallest absolute Gasteiger partial charge is 0.329 e. The molecular formula is C8H13NO2S. The van der Waals surface area contributed by atoms with Crippen LogP contribution in [0.25, 0.3) is 0 Å². The van der Waals surface area contributed by atoms with Crippen LogP contribution in [0.5, 0.6) is 0 Å². The largest absolute Gasteiger partial charge is 0.418 e. The number of carbonyl (C=O) groups excluding carboxylic acids is 1. The second-order valence-electron chi connectivity index (χ2n) is 2.80. The number of thiocarbonyl (C=S) groups is 1. The molecule has 0 unspecified atom stereocenters. The Morgan fingerprint density at radius 1 is 1.75 bits per heavy atom. The van der Waals surface area contributed by atoms with E-state index in [1.807, 2.05) is 6.92 Å². The van der Waals surface area contributed by atoms with Crippen molar-refractivity contribution in [2.24, 2.45) is 0 Å². The summed E-state index contributed by atoms with van der Waals surface area (Å²) in [5, 5.41) is 3.43. The van der Waals surface area contributed by atoms with Crippen molar-refractivity contribution in [1.29, 1.82) is 0 Å². The van der Waals surface area contributed by atoms with E-state index in [0.29, 0.717) is 11.5 Å². The van der Waals surface area contributed by atoms with Crippen LogP contribution in [0.15, 0.2) is 0 Å². The zero-order chi connectivity index (χ0) is 8.97. The van der Waals surface area contributed by atoms with Crippen LogP contribution in [0.1, 0.15) is 26.2 Å². The summed E-state index contributed by atoms with van der Waals surface area (Å²) < 4.78 is 4.91. The third kappa shape index (κ3) is 2.53. The highest BCUT2D eigenvalue weighted by Gasteiger charge is 2.23. The molecule has 3 nitrogen and oxygen atoms in total. The van der Waals surface area contributed by atoms with Crippen LogP contribution >= 0.6 is 12.2 Å². The average Bonchev–Trinajstić information content (AvgIpc) is 2.56. The molecule has 0 aromatic carbocycles. The van der Waals surface area contributed by atoms with Crippen LogP contribution in [-0.4, -0.2) is 23.6 Å². The second kappa shape index (κ2) is 4.52. The predicted octanol–water partition coefficient (Wildman–Crippen LogP) is 1.02. The van der Waals surface area contributed by atoms with E-state index >= 15 is 0 Å². The van der Waals surface area contributed by atoms with E-state index in [1.54, 1.807) is 0 Å². The highest BCUT2D eigenvalue weighted by atomic mass is 32.1. The molecule has 1 aliphatic heterocycles. The Bertz CT molecular complexity index is 187. The van der Waals surface area contributed by atoms with Gasteiger partial charge in [-0.05, 0) is 31.6 Å². The van der Waals surface area contributed by atoms with Crippen molar-refractivity contribution in [2.75, 3.05) is 6.54 Å². The number of rotatable bonds is 2. The molecule has 0 aromatic heterocycles. The van der Waals surface area contributed by atoms with E-state index in [2.05, 4.69) is 5.32 Å². The van der Waals surface area contributed by atoms with Crippen molar-refractivity contribution in [3.63, 3.8) is 0 Å². The molecule has 0 spiro atoms. The molecule has 0 saturated carbocycles. The van der Waals surface area contributed by atoms with E-state index in [1.165, 1.54) is 0 Å². The normalized spacial score (nSPS) is 22.2. The second-order valence-corrected chi connectivity index (χ2v) is 3.25. The summed E-state index contributed by atoms with van der Waals surface area (Å²) in [5.74, 6) is -0.223. The lowest BCUT2D eigenvalue weighted by molar-refractivity contribution is -0.137. The maximum Gasteiger partial charge on any atom is 0.329 e. The molecular weight excluding hydrogens is 174 g/mol. The molecule has 1 N–H and O–H groups in total. The van der Waals surface area contributed by atoms with Crippen molar-refractivity contribution in [3.8, 4) is 0 Å². The maximum absolute atomic E-state index is 11.2. The number of ether oxygens (including phenoxy) is 1. The van der Waals surface area contributed by atoms with Crippen molar-refractivity contribution in [3.05, 3.63) is 0 Å². The van der Waals surface area contributed by atoms with Crippen LogP contribution < -0.4 is 5.32 Å². The van der Waals surface area contributed by atoms with Gasteiger partial charge in [0.1, 0.15) is 6.04 Å². The molecule has 0 bridgehead atoms. The number of hydrogen-bond donors (Lipinski definition) is 1. The maximum atomic E-state index is 11.2. The molecule has 68 valence electrons. The van der Waals surface area contributed by atoms with Gasteiger partial charge in [0.15, 0.2) is 5.05 Å². The highest BCUT2D eigenvalue weighted by Crippen LogP contribution is 2.07. The zero-order valence-corrected chi connectivity index (χ0v) is 7.95. The number of nitrogens with one attached hydrogen (secondary N) is 1. The SMILES string of the molecule is CCC(=S)OC(=O)[C@@H]1CCCN1. The lowest BCUT2D eigenvalue weighted by Crippen LogP contribution is -2.33. The number of esters is 1.